The maximum atomic E-state index is 3.97. The maximum absolute atomic E-state index is 3.97. The highest BCUT2D eigenvalue weighted by Gasteiger charge is 2.29. The van der Waals surface area contributed by atoms with Gasteiger partial charge in [-0.2, -0.15) is 0 Å². The Labute approximate surface area is 118 Å². The molecule has 1 aliphatic carbocycles. The van der Waals surface area contributed by atoms with Gasteiger partial charge in [-0.15, -0.1) is 0 Å². The van der Waals surface area contributed by atoms with Gasteiger partial charge >= 0.3 is 0 Å². The summed E-state index contributed by atoms with van der Waals surface area (Å²) >= 11 is 0. The minimum absolute atomic E-state index is 0.0346. The summed E-state index contributed by atoms with van der Waals surface area (Å²) in [6, 6.07) is 3.02. The van der Waals surface area contributed by atoms with Crippen LogP contribution >= 0.6 is 0 Å². The summed E-state index contributed by atoms with van der Waals surface area (Å²) < 4.78 is 0. The van der Waals surface area contributed by atoms with Crippen LogP contribution in [0.3, 0.4) is 0 Å². The van der Waals surface area contributed by atoms with Gasteiger partial charge in [0, 0.05) is 13.6 Å². The van der Waals surface area contributed by atoms with Crippen LogP contribution in [0.5, 0.6) is 0 Å². The van der Waals surface area contributed by atoms with Gasteiger partial charge in [0.15, 0.2) is 0 Å². The third kappa shape index (κ3) is 6.53. The molecule has 0 radical (unpaired) electrons. The molecule has 1 fully saturated rings. The molecule has 0 bridgehead atoms. The molecular formula is C15H35NSi2. The molecule has 0 aromatic carbocycles. The van der Waals surface area contributed by atoms with Crippen molar-refractivity contribution in [1.82, 2.24) is 4.98 Å². The average molecular weight is 286 g/mol. The average Bonchev–Trinajstić information content (AvgIpc) is 2.28. The fraction of sp³-hybridized carbons (Fsp3) is 1.00. The summed E-state index contributed by atoms with van der Waals surface area (Å²) in [5, 5.41) is 0. The van der Waals surface area contributed by atoms with Crippen molar-refractivity contribution in [3.8, 4) is 0 Å². The quantitative estimate of drug-likeness (QED) is 0.547. The standard InChI is InChI=1S/C15H35NSi2/c1-15(2,14-10-7-6-8-11-14)16-17-12-9-13-18(3,4)5/h14,16H,6-13,17H2,1-5H3. The second-order valence-electron chi connectivity index (χ2n) is 8.00. The topological polar surface area (TPSA) is 12.0 Å². The second-order valence-corrected chi connectivity index (χ2v) is 15.2. The predicted molar refractivity (Wildman–Crippen MR) is 89.9 cm³/mol. The van der Waals surface area contributed by atoms with Crippen LogP contribution in [0.4, 0.5) is 0 Å². The van der Waals surface area contributed by atoms with Gasteiger partial charge in [-0.25, -0.2) is 0 Å². The molecule has 1 rings (SSSR count). The van der Waals surface area contributed by atoms with Crippen molar-refractivity contribution in [3.63, 3.8) is 0 Å². The van der Waals surface area contributed by atoms with Gasteiger partial charge in [0.2, 0.25) is 0 Å². The fourth-order valence-corrected chi connectivity index (χ4v) is 6.58. The second kappa shape index (κ2) is 7.25. The number of rotatable bonds is 7. The largest absolute Gasteiger partial charge is 0.337 e. The molecule has 3 heteroatoms. The number of hydrogen-bond donors (Lipinski definition) is 1. The summed E-state index contributed by atoms with van der Waals surface area (Å²) in [7, 11) is -0.825. The molecule has 0 aromatic heterocycles. The van der Waals surface area contributed by atoms with E-state index in [-0.39, 0.29) is 9.68 Å². The number of hydrogen-bond acceptors (Lipinski definition) is 1. The first-order valence-corrected chi connectivity index (χ1v) is 13.5. The summed E-state index contributed by atoms with van der Waals surface area (Å²) in [5.74, 6) is 0.941. The zero-order valence-corrected chi connectivity index (χ0v) is 15.9. The molecule has 0 saturated heterocycles. The van der Waals surface area contributed by atoms with Crippen LogP contribution in [0.2, 0.25) is 31.7 Å². The molecule has 1 aliphatic rings. The Morgan fingerprint density at radius 2 is 1.72 bits per heavy atom. The molecule has 0 spiro atoms. The van der Waals surface area contributed by atoms with Gasteiger partial charge in [0.1, 0.15) is 0 Å². The van der Waals surface area contributed by atoms with E-state index in [9.17, 15) is 0 Å². The molecule has 0 unspecified atom stereocenters. The molecule has 0 aliphatic heterocycles. The highest BCUT2D eigenvalue weighted by molar-refractivity contribution is 6.76. The molecule has 1 saturated carbocycles. The summed E-state index contributed by atoms with van der Waals surface area (Å²) in [5.41, 5.74) is 0.422. The van der Waals surface area contributed by atoms with Gasteiger partial charge in [-0.1, -0.05) is 57.4 Å². The normalized spacial score (nSPS) is 19.8. The first-order valence-electron chi connectivity index (χ1n) is 8.06. The molecule has 1 N–H and O–H groups in total. The lowest BCUT2D eigenvalue weighted by Crippen LogP contribution is -2.48. The first kappa shape index (κ1) is 16.4. The van der Waals surface area contributed by atoms with Gasteiger partial charge in [-0.3, -0.25) is 0 Å². The van der Waals surface area contributed by atoms with Crippen LogP contribution in [-0.2, 0) is 0 Å². The number of nitrogens with one attached hydrogen (secondary N) is 1. The Hall–Kier alpha value is 0.394. The van der Waals surface area contributed by atoms with Crippen molar-refractivity contribution in [2.75, 3.05) is 0 Å². The van der Waals surface area contributed by atoms with Gasteiger partial charge in [-0.05, 0) is 32.6 Å². The van der Waals surface area contributed by atoms with Crippen molar-refractivity contribution in [3.05, 3.63) is 0 Å². The maximum Gasteiger partial charge on any atom is 0.0921 e. The van der Waals surface area contributed by atoms with Gasteiger partial charge < -0.3 is 4.98 Å². The monoisotopic (exact) mass is 285 g/mol. The molecule has 0 amide bonds. The highest BCUT2D eigenvalue weighted by Crippen LogP contribution is 2.32. The minimum atomic E-state index is -0.791. The Bertz CT molecular complexity index is 227. The zero-order chi connectivity index (χ0) is 13.6. The molecule has 108 valence electrons. The Morgan fingerprint density at radius 1 is 1.11 bits per heavy atom. The Kier molecular flexibility index (Phi) is 6.62. The van der Waals surface area contributed by atoms with E-state index in [1.165, 1.54) is 50.6 Å². The lowest BCUT2D eigenvalue weighted by atomic mass is 9.77. The predicted octanol–water partition coefficient (Wildman–Crippen LogP) is 4.17. The summed E-state index contributed by atoms with van der Waals surface area (Å²) in [6.45, 7) is 12.4. The zero-order valence-electron chi connectivity index (χ0n) is 13.4. The van der Waals surface area contributed by atoms with Crippen LogP contribution in [0.15, 0.2) is 0 Å². The fourth-order valence-electron chi connectivity index (χ4n) is 3.16. The van der Waals surface area contributed by atoms with Crippen molar-refractivity contribution in [1.29, 1.82) is 0 Å². The Balaban J connectivity index is 2.16. The van der Waals surface area contributed by atoms with Crippen molar-refractivity contribution in [2.45, 2.75) is 89.6 Å². The van der Waals surface area contributed by atoms with E-state index in [0.717, 1.165) is 5.92 Å². The molecule has 0 atom stereocenters. The van der Waals surface area contributed by atoms with E-state index >= 15 is 0 Å². The van der Waals surface area contributed by atoms with Crippen LogP contribution in [0.25, 0.3) is 0 Å². The van der Waals surface area contributed by atoms with Gasteiger partial charge in [0.25, 0.3) is 0 Å². The van der Waals surface area contributed by atoms with Crippen molar-refractivity contribution in [2.24, 2.45) is 5.92 Å². The van der Waals surface area contributed by atoms with E-state index in [1.54, 1.807) is 0 Å². The lowest BCUT2D eigenvalue weighted by molar-refractivity contribution is 0.222. The minimum Gasteiger partial charge on any atom is -0.337 e. The molecule has 18 heavy (non-hydrogen) atoms. The van der Waals surface area contributed by atoms with Crippen molar-refractivity contribution < 1.29 is 0 Å². The first-order chi connectivity index (χ1) is 8.31. The third-order valence-corrected chi connectivity index (χ3v) is 8.43. The third-order valence-electron chi connectivity index (χ3n) is 4.56. The van der Waals surface area contributed by atoms with E-state index in [1.807, 2.05) is 0 Å². The lowest BCUT2D eigenvalue weighted by Gasteiger charge is -2.38. The van der Waals surface area contributed by atoms with E-state index in [4.69, 9.17) is 0 Å². The molecule has 0 aromatic rings. The summed E-state index contributed by atoms with van der Waals surface area (Å²) in [4.78, 5) is 3.97. The molecular weight excluding hydrogens is 250 g/mol. The van der Waals surface area contributed by atoms with Crippen LogP contribution in [0, 0.1) is 5.92 Å². The van der Waals surface area contributed by atoms with Gasteiger partial charge in [0.05, 0.1) is 9.68 Å². The van der Waals surface area contributed by atoms with E-state index < -0.39 is 8.07 Å². The van der Waals surface area contributed by atoms with Crippen LogP contribution in [0.1, 0.15) is 52.4 Å². The van der Waals surface area contributed by atoms with E-state index in [2.05, 4.69) is 38.5 Å². The van der Waals surface area contributed by atoms with Crippen LogP contribution in [-0.4, -0.2) is 23.3 Å². The molecule has 1 nitrogen and oxygen atoms in total. The smallest absolute Gasteiger partial charge is 0.0921 e. The SMILES string of the molecule is CC(C)(N[SiH2]CCC[Si](C)(C)C)C1CCCCC1. The summed E-state index contributed by atoms with van der Waals surface area (Å²) in [6.07, 6.45) is 8.81. The Morgan fingerprint density at radius 3 is 2.28 bits per heavy atom. The van der Waals surface area contributed by atoms with Crippen LogP contribution < -0.4 is 4.98 Å². The van der Waals surface area contributed by atoms with E-state index in [0.29, 0.717) is 5.54 Å². The highest BCUT2D eigenvalue weighted by atomic mass is 28.3. The van der Waals surface area contributed by atoms with Crippen molar-refractivity contribution >= 4 is 17.8 Å². The molecule has 0 heterocycles.